The first-order valence-corrected chi connectivity index (χ1v) is 7.40. The fourth-order valence-corrected chi connectivity index (χ4v) is 1.93. The highest BCUT2D eigenvalue weighted by molar-refractivity contribution is 7.88. The molecule has 0 radical (unpaired) electrons. The lowest BCUT2D eigenvalue weighted by molar-refractivity contribution is -0.385. The molecular formula is C10H12FN3O6S. The Morgan fingerprint density at radius 1 is 1.43 bits per heavy atom. The molecule has 0 aliphatic heterocycles. The molecule has 1 aromatic carbocycles. The number of nitrogens with zero attached hydrogens (tertiary/aromatic N) is 1. The van der Waals surface area contributed by atoms with Crippen LogP contribution in [0.3, 0.4) is 0 Å². The van der Waals surface area contributed by atoms with Crippen LogP contribution >= 0.6 is 0 Å². The van der Waals surface area contributed by atoms with E-state index < -0.39 is 38.0 Å². The van der Waals surface area contributed by atoms with Gasteiger partial charge in [-0.05, 0) is 6.07 Å². The number of aromatic carboxylic acids is 1. The Bertz CT molecular complexity index is 676. The van der Waals surface area contributed by atoms with Crippen LogP contribution in [0.5, 0.6) is 0 Å². The Kier molecular flexibility index (Phi) is 5.16. The second kappa shape index (κ2) is 6.45. The Hall–Kier alpha value is -2.27. The Morgan fingerprint density at radius 3 is 2.52 bits per heavy atom. The van der Waals surface area contributed by atoms with Crippen molar-refractivity contribution in [2.24, 2.45) is 0 Å². The maximum Gasteiger partial charge on any atom is 0.342 e. The SMILES string of the molecule is CS(=O)(=O)NCCNc1cc(C(=O)O)c([N+](=O)[O-])cc1F. The van der Waals surface area contributed by atoms with Gasteiger partial charge in [0.1, 0.15) is 5.56 Å². The topological polar surface area (TPSA) is 139 Å². The summed E-state index contributed by atoms with van der Waals surface area (Å²) in [4.78, 5) is 20.5. The molecule has 0 saturated carbocycles. The Balaban J connectivity index is 2.91. The normalized spacial score (nSPS) is 11.1. The van der Waals surface area contributed by atoms with Crippen LogP contribution < -0.4 is 10.0 Å². The van der Waals surface area contributed by atoms with Crippen LogP contribution in [-0.4, -0.2) is 43.8 Å². The molecule has 11 heteroatoms. The van der Waals surface area contributed by atoms with Gasteiger partial charge in [0.2, 0.25) is 10.0 Å². The number of sulfonamides is 1. The molecule has 0 saturated heterocycles. The van der Waals surface area contributed by atoms with Gasteiger partial charge in [0.25, 0.3) is 5.69 Å². The molecule has 1 rings (SSSR count). The van der Waals surface area contributed by atoms with Crippen LogP contribution in [0.1, 0.15) is 10.4 Å². The first-order valence-electron chi connectivity index (χ1n) is 5.51. The molecule has 3 N–H and O–H groups in total. The van der Waals surface area contributed by atoms with Gasteiger partial charge in [-0.25, -0.2) is 22.3 Å². The fourth-order valence-electron chi connectivity index (χ4n) is 1.45. The highest BCUT2D eigenvalue weighted by Gasteiger charge is 2.23. The van der Waals surface area contributed by atoms with Gasteiger partial charge < -0.3 is 10.4 Å². The first kappa shape index (κ1) is 16.8. The number of carbonyl (C=O) groups is 1. The quantitative estimate of drug-likeness (QED) is 0.375. The summed E-state index contributed by atoms with van der Waals surface area (Å²) in [5.41, 5.74) is -1.80. The van der Waals surface area contributed by atoms with E-state index in [0.717, 1.165) is 12.3 Å². The van der Waals surface area contributed by atoms with E-state index in [1.165, 1.54) is 0 Å². The van der Waals surface area contributed by atoms with Crippen LogP contribution in [-0.2, 0) is 10.0 Å². The monoisotopic (exact) mass is 321 g/mol. The van der Waals surface area contributed by atoms with Crippen LogP contribution in [0.15, 0.2) is 12.1 Å². The highest BCUT2D eigenvalue weighted by atomic mass is 32.2. The summed E-state index contributed by atoms with van der Waals surface area (Å²) < 4.78 is 37.4. The van der Waals surface area contributed by atoms with E-state index in [2.05, 4.69) is 10.0 Å². The van der Waals surface area contributed by atoms with Crippen molar-refractivity contribution in [2.75, 3.05) is 24.7 Å². The summed E-state index contributed by atoms with van der Waals surface area (Å²) in [7, 11) is -3.40. The summed E-state index contributed by atoms with van der Waals surface area (Å²) >= 11 is 0. The van der Waals surface area contributed by atoms with E-state index in [0.29, 0.717) is 6.07 Å². The second-order valence-corrected chi connectivity index (χ2v) is 5.84. The summed E-state index contributed by atoms with van der Waals surface area (Å²) in [5.74, 6) is -2.58. The van der Waals surface area contributed by atoms with Gasteiger partial charge in [-0.1, -0.05) is 0 Å². The highest BCUT2D eigenvalue weighted by Crippen LogP contribution is 2.26. The number of nitro groups is 1. The van der Waals surface area contributed by atoms with E-state index in [9.17, 15) is 27.7 Å². The third kappa shape index (κ3) is 4.96. The van der Waals surface area contributed by atoms with E-state index >= 15 is 0 Å². The molecule has 21 heavy (non-hydrogen) atoms. The molecule has 0 fully saturated rings. The molecule has 0 aliphatic carbocycles. The summed E-state index contributed by atoms with van der Waals surface area (Å²) in [5, 5.41) is 22.0. The maximum absolute atomic E-state index is 13.6. The number of rotatable bonds is 7. The molecule has 0 aromatic heterocycles. The molecule has 0 spiro atoms. The van der Waals surface area contributed by atoms with Crippen molar-refractivity contribution in [3.63, 3.8) is 0 Å². The van der Waals surface area contributed by atoms with Crippen molar-refractivity contribution in [1.82, 2.24) is 4.72 Å². The lowest BCUT2D eigenvalue weighted by atomic mass is 10.1. The first-order chi connectivity index (χ1) is 9.61. The van der Waals surface area contributed by atoms with E-state index in [-0.39, 0.29) is 18.8 Å². The molecular weight excluding hydrogens is 309 g/mol. The number of hydrogen-bond acceptors (Lipinski definition) is 6. The van der Waals surface area contributed by atoms with Crippen LogP contribution in [0, 0.1) is 15.9 Å². The Labute approximate surface area is 119 Å². The number of halogens is 1. The molecule has 0 unspecified atom stereocenters. The third-order valence-electron chi connectivity index (χ3n) is 2.32. The average Bonchev–Trinajstić information content (AvgIpc) is 2.33. The zero-order valence-corrected chi connectivity index (χ0v) is 11.6. The van der Waals surface area contributed by atoms with Gasteiger partial charge in [0.15, 0.2) is 5.82 Å². The zero-order valence-electron chi connectivity index (χ0n) is 10.8. The van der Waals surface area contributed by atoms with Crippen molar-refractivity contribution in [1.29, 1.82) is 0 Å². The van der Waals surface area contributed by atoms with Gasteiger partial charge in [0.05, 0.1) is 22.9 Å². The predicted molar refractivity (Wildman–Crippen MR) is 71.3 cm³/mol. The number of benzene rings is 1. The van der Waals surface area contributed by atoms with E-state index in [1.54, 1.807) is 0 Å². The summed E-state index contributed by atoms with van der Waals surface area (Å²) in [6.45, 7) is -0.0848. The number of nitrogens with one attached hydrogen (secondary N) is 2. The minimum Gasteiger partial charge on any atom is -0.477 e. The molecule has 116 valence electrons. The predicted octanol–water partition coefficient (Wildman–Crippen LogP) is 0.393. The third-order valence-corrected chi connectivity index (χ3v) is 3.05. The minimum atomic E-state index is -3.40. The molecule has 0 aliphatic rings. The van der Waals surface area contributed by atoms with Gasteiger partial charge in [0, 0.05) is 13.1 Å². The molecule has 0 bridgehead atoms. The molecule has 0 heterocycles. The van der Waals surface area contributed by atoms with E-state index in [1.807, 2.05) is 0 Å². The number of anilines is 1. The summed E-state index contributed by atoms with van der Waals surface area (Å²) in [6.07, 6.45) is 0.946. The lowest BCUT2D eigenvalue weighted by Gasteiger charge is -2.09. The minimum absolute atomic E-state index is 0.0269. The van der Waals surface area contributed by atoms with Crippen LogP contribution in [0.2, 0.25) is 0 Å². The van der Waals surface area contributed by atoms with Crippen molar-refractivity contribution in [3.8, 4) is 0 Å². The molecule has 1 aromatic rings. The van der Waals surface area contributed by atoms with Crippen molar-refractivity contribution >= 4 is 27.4 Å². The second-order valence-electron chi connectivity index (χ2n) is 4.00. The average molecular weight is 321 g/mol. The van der Waals surface area contributed by atoms with Crippen molar-refractivity contribution < 1.29 is 27.6 Å². The molecule has 0 atom stereocenters. The Morgan fingerprint density at radius 2 is 2.05 bits per heavy atom. The molecule has 0 amide bonds. The smallest absolute Gasteiger partial charge is 0.342 e. The van der Waals surface area contributed by atoms with Gasteiger partial charge in [-0.3, -0.25) is 10.1 Å². The largest absolute Gasteiger partial charge is 0.477 e. The number of carboxylic acids is 1. The molecule has 9 nitrogen and oxygen atoms in total. The van der Waals surface area contributed by atoms with Crippen LogP contribution in [0.25, 0.3) is 0 Å². The van der Waals surface area contributed by atoms with Crippen molar-refractivity contribution in [2.45, 2.75) is 0 Å². The number of carboxylic acid groups (broad SMARTS) is 1. The number of hydrogen-bond donors (Lipinski definition) is 3. The standard InChI is InChI=1S/C10H12FN3O6S/c1-21(19,20)13-3-2-12-8-4-6(10(15)16)9(14(17)18)5-7(8)11/h4-5,12-13H,2-3H2,1H3,(H,15,16). The van der Waals surface area contributed by atoms with Crippen LogP contribution in [0.4, 0.5) is 15.8 Å². The van der Waals surface area contributed by atoms with Crippen molar-refractivity contribution in [3.05, 3.63) is 33.6 Å². The van der Waals surface area contributed by atoms with Gasteiger partial charge in [-0.2, -0.15) is 0 Å². The van der Waals surface area contributed by atoms with E-state index in [4.69, 9.17) is 5.11 Å². The zero-order chi connectivity index (χ0) is 16.2. The lowest BCUT2D eigenvalue weighted by Crippen LogP contribution is -2.27. The van der Waals surface area contributed by atoms with Gasteiger partial charge in [-0.15, -0.1) is 0 Å². The van der Waals surface area contributed by atoms with Gasteiger partial charge >= 0.3 is 5.97 Å². The maximum atomic E-state index is 13.6. The number of nitro benzene ring substituents is 1. The fraction of sp³-hybridized carbons (Fsp3) is 0.300. The summed E-state index contributed by atoms with van der Waals surface area (Å²) in [6, 6.07) is 1.28.